The molecule has 1 aromatic heterocycles. The Balaban J connectivity index is 2.47. The zero-order chi connectivity index (χ0) is 15.7. The first-order valence-corrected chi connectivity index (χ1v) is 5.78. The molecule has 0 saturated carbocycles. The first kappa shape index (κ1) is 15.3. The number of aromatic nitrogens is 4. The van der Waals surface area contributed by atoms with Crippen LogP contribution in [0.1, 0.15) is 17.4 Å². The predicted molar refractivity (Wildman–Crippen MR) is 60.5 cm³/mol. The second-order valence-corrected chi connectivity index (χ2v) is 4.22. The fraction of sp³-hybridized carbons (Fsp3) is 0.364. The van der Waals surface area contributed by atoms with Gasteiger partial charge in [0, 0.05) is 18.0 Å². The van der Waals surface area contributed by atoms with Crippen molar-refractivity contribution < 1.29 is 22.0 Å². The molecule has 2 aromatic rings. The lowest BCUT2D eigenvalue weighted by atomic mass is 10.0. The summed E-state index contributed by atoms with van der Waals surface area (Å²) in [5, 5.41) is 13.4. The highest BCUT2D eigenvalue weighted by Crippen LogP contribution is 2.28. The maximum Gasteiger partial charge on any atom is 0.200 e. The SMILES string of the molecule is CNC(Cc1nnn(C)n1)c1c(F)c(F)c(F)c(F)c1F. The molecule has 1 heterocycles. The van der Waals surface area contributed by atoms with Gasteiger partial charge in [0.25, 0.3) is 0 Å². The van der Waals surface area contributed by atoms with Gasteiger partial charge < -0.3 is 5.32 Å². The number of halogens is 5. The minimum absolute atomic E-state index is 0.0980. The van der Waals surface area contributed by atoms with Crippen LogP contribution in [0.3, 0.4) is 0 Å². The van der Waals surface area contributed by atoms with Crippen molar-refractivity contribution in [2.75, 3.05) is 7.05 Å². The standard InChI is InChI=1S/C11H10F5N5/c1-17-4(3-5-18-20-21(2)19-5)6-7(12)9(14)11(16)10(15)8(6)13/h4,17H,3H2,1-2H3. The summed E-state index contributed by atoms with van der Waals surface area (Å²) in [6, 6.07) is -1.20. The number of nitrogens with one attached hydrogen (secondary N) is 1. The second-order valence-electron chi connectivity index (χ2n) is 4.22. The highest BCUT2D eigenvalue weighted by molar-refractivity contribution is 5.27. The molecule has 0 saturated heterocycles. The summed E-state index contributed by atoms with van der Waals surface area (Å²) in [4.78, 5) is 1.11. The van der Waals surface area contributed by atoms with Gasteiger partial charge in [-0.25, -0.2) is 22.0 Å². The molecule has 5 nitrogen and oxygen atoms in total. The molecule has 1 aromatic carbocycles. The first-order valence-electron chi connectivity index (χ1n) is 5.78. The number of hydrogen-bond donors (Lipinski definition) is 1. The van der Waals surface area contributed by atoms with E-state index in [-0.39, 0.29) is 12.2 Å². The molecule has 0 amide bonds. The zero-order valence-electron chi connectivity index (χ0n) is 11.0. The summed E-state index contributed by atoms with van der Waals surface area (Å²) in [6.45, 7) is 0. The summed E-state index contributed by atoms with van der Waals surface area (Å²) in [5.41, 5.74) is -0.957. The lowest BCUT2D eigenvalue weighted by Crippen LogP contribution is -2.24. The van der Waals surface area contributed by atoms with E-state index in [0.29, 0.717) is 0 Å². The first-order chi connectivity index (χ1) is 9.86. The highest BCUT2D eigenvalue weighted by atomic mass is 19.2. The topological polar surface area (TPSA) is 55.6 Å². The summed E-state index contributed by atoms with van der Waals surface area (Å²) in [7, 11) is 2.79. The summed E-state index contributed by atoms with van der Waals surface area (Å²) < 4.78 is 66.9. The monoisotopic (exact) mass is 307 g/mol. The third-order valence-corrected chi connectivity index (χ3v) is 2.88. The van der Waals surface area contributed by atoms with Gasteiger partial charge in [-0.05, 0) is 12.3 Å². The largest absolute Gasteiger partial charge is 0.312 e. The van der Waals surface area contributed by atoms with E-state index in [0.717, 1.165) is 4.80 Å². The number of hydrogen-bond acceptors (Lipinski definition) is 4. The highest BCUT2D eigenvalue weighted by Gasteiger charge is 2.30. The van der Waals surface area contributed by atoms with E-state index in [1.54, 1.807) is 0 Å². The Morgan fingerprint density at radius 1 is 1.00 bits per heavy atom. The van der Waals surface area contributed by atoms with Crippen molar-refractivity contribution in [3.05, 3.63) is 40.5 Å². The average molecular weight is 307 g/mol. The molecule has 21 heavy (non-hydrogen) atoms. The molecule has 114 valence electrons. The average Bonchev–Trinajstić information content (AvgIpc) is 2.87. The van der Waals surface area contributed by atoms with E-state index in [4.69, 9.17) is 0 Å². The molecule has 0 spiro atoms. The van der Waals surface area contributed by atoms with Gasteiger partial charge >= 0.3 is 0 Å². The van der Waals surface area contributed by atoms with Crippen LogP contribution in [0.5, 0.6) is 0 Å². The van der Waals surface area contributed by atoms with Crippen LogP contribution < -0.4 is 5.32 Å². The number of tetrazole rings is 1. The molecule has 1 unspecified atom stereocenters. The molecule has 0 aliphatic rings. The van der Waals surface area contributed by atoms with Gasteiger partial charge in [0.1, 0.15) is 0 Å². The molecular weight excluding hydrogens is 297 g/mol. The molecule has 0 aliphatic carbocycles. The maximum atomic E-state index is 13.7. The Morgan fingerprint density at radius 2 is 1.52 bits per heavy atom. The normalized spacial score (nSPS) is 12.7. The second kappa shape index (κ2) is 5.72. The molecule has 0 fully saturated rings. The molecule has 0 bridgehead atoms. The van der Waals surface area contributed by atoms with Gasteiger partial charge in [0.05, 0.1) is 7.05 Å². The quantitative estimate of drug-likeness (QED) is 0.527. The Bertz CT molecular complexity index is 642. The van der Waals surface area contributed by atoms with Crippen LogP contribution in [-0.4, -0.2) is 27.3 Å². The third-order valence-electron chi connectivity index (χ3n) is 2.88. The van der Waals surface area contributed by atoms with Crippen LogP contribution in [0.4, 0.5) is 22.0 Å². The number of rotatable bonds is 4. The molecule has 1 atom stereocenters. The van der Waals surface area contributed by atoms with Crippen molar-refractivity contribution in [3.8, 4) is 0 Å². The number of likely N-dealkylation sites (N-methyl/N-ethyl adjacent to an activating group) is 1. The Morgan fingerprint density at radius 3 is 1.95 bits per heavy atom. The van der Waals surface area contributed by atoms with Gasteiger partial charge in [-0.1, -0.05) is 0 Å². The Kier molecular flexibility index (Phi) is 4.16. The van der Waals surface area contributed by atoms with E-state index in [1.807, 2.05) is 0 Å². The summed E-state index contributed by atoms with van der Waals surface area (Å²) in [6.07, 6.45) is -0.192. The van der Waals surface area contributed by atoms with E-state index >= 15 is 0 Å². The fourth-order valence-electron chi connectivity index (χ4n) is 1.86. The minimum Gasteiger partial charge on any atom is -0.312 e. The number of benzene rings is 1. The molecular formula is C11H10F5N5. The molecule has 0 aliphatic heterocycles. The van der Waals surface area contributed by atoms with Crippen molar-refractivity contribution in [1.82, 2.24) is 25.5 Å². The van der Waals surface area contributed by atoms with Crippen LogP contribution in [0.15, 0.2) is 0 Å². The van der Waals surface area contributed by atoms with Crippen molar-refractivity contribution in [1.29, 1.82) is 0 Å². The minimum atomic E-state index is -2.19. The smallest absolute Gasteiger partial charge is 0.200 e. The summed E-state index contributed by atoms with van der Waals surface area (Å²) >= 11 is 0. The fourth-order valence-corrected chi connectivity index (χ4v) is 1.86. The van der Waals surface area contributed by atoms with E-state index < -0.39 is 40.7 Å². The van der Waals surface area contributed by atoms with Crippen LogP contribution in [0.2, 0.25) is 0 Å². The van der Waals surface area contributed by atoms with Crippen molar-refractivity contribution in [3.63, 3.8) is 0 Å². The number of nitrogens with zero attached hydrogens (tertiary/aromatic N) is 4. The van der Waals surface area contributed by atoms with E-state index in [2.05, 4.69) is 20.7 Å². The number of aryl methyl sites for hydroxylation is 1. The van der Waals surface area contributed by atoms with Crippen LogP contribution in [-0.2, 0) is 13.5 Å². The lowest BCUT2D eigenvalue weighted by Gasteiger charge is -2.17. The van der Waals surface area contributed by atoms with Crippen molar-refractivity contribution >= 4 is 0 Å². The predicted octanol–water partition coefficient (Wildman–Crippen LogP) is 1.41. The zero-order valence-corrected chi connectivity index (χ0v) is 11.0. The Labute approximate surface area is 115 Å². The van der Waals surface area contributed by atoms with Crippen molar-refractivity contribution in [2.45, 2.75) is 12.5 Å². The summed E-state index contributed by atoms with van der Waals surface area (Å²) in [5.74, 6) is -9.83. The van der Waals surface area contributed by atoms with Crippen LogP contribution in [0, 0.1) is 29.1 Å². The van der Waals surface area contributed by atoms with Gasteiger partial charge in [-0.3, -0.25) is 0 Å². The molecule has 2 rings (SSSR count). The van der Waals surface area contributed by atoms with Gasteiger partial charge in [0.2, 0.25) is 5.82 Å². The van der Waals surface area contributed by atoms with E-state index in [1.165, 1.54) is 14.1 Å². The van der Waals surface area contributed by atoms with Crippen molar-refractivity contribution in [2.24, 2.45) is 7.05 Å². The van der Waals surface area contributed by atoms with E-state index in [9.17, 15) is 22.0 Å². The van der Waals surface area contributed by atoms with Gasteiger partial charge in [-0.2, -0.15) is 4.80 Å². The van der Waals surface area contributed by atoms with Gasteiger partial charge in [-0.15, -0.1) is 10.2 Å². The Hall–Kier alpha value is -2.10. The van der Waals surface area contributed by atoms with Gasteiger partial charge in [0.15, 0.2) is 29.1 Å². The molecule has 10 heteroatoms. The lowest BCUT2D eigenvalue weighted by molar-refractivity contribution is 0.357. The third kappa shape index (κ3) is 2.71. The maximum absolute atomic E-state index is 13.7. The van der Waals surface area contributed by atoms with Crippen LogP contribution in [0.25, 0.3) is 0 Å². The molecule has 0 radical (unpaired) electrons. The molecule has 1 N–H and O–H groups in total. The van der Waals surface area contributed by atoms with Crippen LogP contribution >= 0.6 is 0 Å².